The summed E-state index contributed by atoms with van der Waals surface area (Å²) in [5.74, 6) is 1.77. The molecule has 10 nitrogen and oxygen atoms in total. The summed E-state index contributed by atoms with van der Waals surface area (Å²) < 4.78 is 45.6. The molecule has 0 bridgehead atoms. The van der Waals surface area contributed by atoms with Crippen LogP contribution in [0.1, 0.15) is 12.8 Å². The van der Waals surface area contributed by atoms with Crippen LogP contribution < -0.4 is 14.2 Å². The van der Waals surface area contributed by atoms with Gasteiger partial charge in [0.1, 0.15) is 22.5 Å². The minimum atomic E-state index is -3.70. The summed E-state index contributed by atoms with van der Waals surface area (Å²) in [7, 11) is -0.743. The molecule has 1 fully saturated rings. The maximum absolute atomic E-state index is 13.1. The second-order valence-corrected chi connectivity index (χ2v) is 8.82. The number of nitrogens with zero attached hydrogens (tertiary/aromatic N) is 5. The molecule has 1 aliphatic rings. The van der Waals surface area contributed by atoms with Gasteiger partial charge in [0, 0.05) is 37.6 Å². The molecule has 1 aromatic carbocycles. The van der Waals surface area contributed by atoms with Crippen molar-refractivity contribution in [3.63, 3.8) is 0 Å². The van der Waals surface area contributed by atoms with E-state index in [0.29, 0.717) is 43.4 Å². The zero-order valence-corrected chi connectivity index (χ0v) is 18.0. The summed E-state index contributed by atoms with van der Waals surface area (Å²) in [6.07, 6.45) is 4.38. The Kier molecular flexibility index (Phi) is 6.05. The quantitative estimate of drug-likeness (QED) is 0.543. The molecular formula is C20H23N5O5S. The van der Waals surface area contributed by atoms with E-state index in [1.54, 1.807) is 47.4 Å². The Morgan fingerprint density at radius 2 is 1.84 bits per heavy atom. The predicted molar refractivity (Wildman–Crippen MR) is 111 cm³/mol. The number of aromatic nitrogens is 4. The van der Waals surface area contributed by atoms with Crippen LogP contribution >= 0.6 is 0 Å². The van der Waals surface area contributed by atoms with E-state index in [2.05, 4.69) is 15.3 Å². The van der Waals surface area contributed by atoms with Gasteiger partial charge in [-0.2, -0.15) is 9.40 Å². The van der Waals surface area contributed by atoms with E-state index in [9.17, 15) is 8.42 Å². The topological polar surface area (TPSA) is 109 Å². The molecule has 0 N–H and O–H groups in total. The van der Waals surface area contributed by atoms with E-state index < -0.39 is 10.0 Å². The highest BCUT2D eigenvalue weighted by molar-refractivity contribution is 7.89. The number of methoxy groups -OCH3 is 2. The van der Waals surface area contributed by atoms with Crippen molar-refractivity contribution in [3.8, 4) is 23.2 Å². The van der Waals surface area contributed by atoms with Gasteiger partial charge >= 0.3 is 0 Å². The highest BCUT2D eigenvalue weighted by atomic mass is 32.2. The van der Waals surface area contributed by atoms with Crippen molar-refractivity contribution in [2.75, 3.05) is 27.3 Å². The summed E-state index contributed by atoms with van der Waals surface area (Å²) in [5.41, 5.74) is 0. The summed E-state index contributed by atoms with van der Waals surface area (Å²) in [5, 5.41) is 12.3. The Bertz CT molecular complexity index is 1110. The SMILES string of the molecule is COc1ccc(S(=O)(=O)N2CCC(Oc3ccc(-n4cccn4)nn3)CC2)c(OC)c1. The van der Waals surface area contributed by atoms with Crippen LogP contribution in [0.2, 0.25) is 0 Å². The molecule has 2 aromatic heterocycles. The summed E-state index contributed by atoms with van der Waals surface area (Å²) in [4.78, 5) is 0.121. The maximum Gasteiger partial charge on any atom is 0.246 e. The molecule has 0 saturated carbocycles. The summed E-state index contributed by atoms with van der Waals surface area (Å²) >= 11 is 0. The minimum absolute atomic E-state index is 0.121. The third kappa shape index (κ3) is 4.47. The van der Waals surface area contributed by atoms with Gasteiger partial charge in [-0.05, 0) is 37.1 Å². The third-order valence-corrected chi connectivity index (χ3v) is 6.98. The van der Waals surface area contributed by atoms with E-state index in [0.717, 1.165) is 0 Å². The average molecular weight is 446 g/mol. The van der Waals surface area contributed by atoms with Crippen molar-refractivity contribution < 1.29 is 22.6 Å². The van der Waals surface area contributed by atoms with Gasteiger partial charge < -0.3 is 14.2 Å². The van der Waals surface area contributed by atoms with Gasteiger partial charge in [-0.15, -0.1) is 10.2 Å². The molecule has 0 spiro atoms. The van der Waals surface area contributed by atoms with Gasteiger partial charge in [-0.25, -0.2) is 13.1 Å². The number of hydrogen-bond donors (Lipinski definition) is 0. The van der Waals surface area contributed by atoms with Crippen LogP contribution in [0.25, 0.3) is 5.82 Å². The van der Waals surface area contributed by atoms with Gasteiger partial charge in [0.25, 0.3) is 0 Å². The third-order valence-electron chi connectivity index (χ3n) is 5.04. The van der Waals surface area contributed by atoms with Gasteiger partial charge in [0.05, 0.1) is 14.2 Å². The van der Waals surface area contributed by atoms with Crippen LogP contribution in [0.15, 0.2) is 53.7 Å². The van der Waals surface area contributed by atoms with Crippen molar-refractivity contribution in [3.05, 3.63) is 48.8 Å². The van der Waals surface area contributed by atoms with Crippen LogP contribution in [0.3, 0.4) is 0 Å². The fourth-order valence-electron chi connectivity index (χ4n) is 3.39. The summed E-state index contributed by atoms with van der Waals surface area (Å²) in [6.45, 7) is 0.669. The first-order chi connectivity index (χ1) is 15.0. The Morgan fingerprint density at radius 1 is 1.03 bits per heavy atom. The van der Waals surface area contributed by atoms with E-state index in [-0.39, 0.29) is 16.7 Å². The average Bonchev–Trinajstić information content (AvgIpc) is 3.34. The van der Waals surface area contributed by atoms with Crippen LogP contribution in [0, 0.1) is 0 Å². The number of sulfonamides is 1. The Morgan fingerprint density at radius 3 is 2.45 bits per heavy atom. The lowest BCUT2D eigenvalue weighted by molar-refractivity contribution is 0.128. The van der Waals surface area contributed by atoms with E-state index >= 15 is 0 Å². The molecule has 0 atom stereocenters. The zero-order valence-electron chi connectivity index (χ0n) is 17.2. The molecule has 3 heterocycles. The fourth-order valence-corrected chi connectivity index (χ4v) is 5.00. The summed E-state index contributed by atoms with van der Waals surface area (Å²) in [6, 6.07) is 9.98. The standard InChI is InChI=1S/C20H23N5O5S/c1-28-16-4-5-18(17(14-16)29-2)31(26,27)24-12-8-15(9-13-24)30-20-7-6-19(22-23-20)25-11-3-10-21-25/h3-7,10-11,14-15H,8-9,12-13H2,1-2H3. The van der Waals surface area contributed by atoms with Crippen molar-refractivity contribution in [1.82, 2.24) is 24.3 Å². The van der Waals surface area contributed by atoms with Crippen molar-refractivity contribution in [2.24, 2.45) is 0 Å². The number of benzene rings is 1. The molecule has 1 saturated heterocycles. The maximum atomic E-state index is 13.1. The highest BCUT2D eigenvalue weighted by Crippen LogP contribution is 2.32. The van der Waals surface area contributed by atoms with Crippen LogP contribution in [-0.4, -0.2) is 66.1 Å². The first-order valence-electron chi connectivity index (χ1n) is 9.74. The smallest absolute Gasteiger partial charge is 0.246 e. The van der Waals surface area contributed by atoms with Crippen LogP contribution in [0.4, 0.5) is 0 Å². The molecule has 1 aliphatic heterocycles. The van der Waals surface area contributed by atoms with E-state index in [4.69, 9.17) is 14.2 Å². The van der Waals surface area contributed by atoms with Gasteiger partial charge in [-0.1, -0.05) is 0 Å². The van der Waals surface area contributed by atoms with E-state index in [1.807, 2.05) is 0 Å². The fraction of sp³-hybridized carbons (Fsp3) is 0.350. The first kappa shape index (κ1) is 21.1. The van der Waals surface area contributed by atoms with Gasteiger partial charge in [-0.3, -0.25) is 0 Å². The lowest BCUT2D eigenvalue weighted by Crippen LogP contribution is -2.41. The van der Waals surface area contributed by atoms with Crippen LogP contribution in [0.5, 0.6) is 17.4 Å². The highest BCUT2D eigenvalue weighted by Gasteiger charge is 2.32. The number of rotatable bonds is 7. The molecule has 0 aliphatic carbocycles. The lowest BCUT2D eigenvalue weighted by atomic mass is 10.1. The van der Waals surface area contributed by atoms with Gasteiger partial charge in [0.2, 0.25) is 15.9 Å². The largest absolute Gasteiger partial charge is 0.497 e. The van der Waals surface area contributed by atoms with Crippen molar-refractivity contribution in [2.45, 2.75) is 23.8 Å². The molecular weight excluding hydrogens is 422 g/mol. The van der Waals surface area contributed by atoms with Gasteiger partial charge in [0.15, 0.2) is 5.82 Å². The number of hydrogen-bond acceptors (Lipinski definition) is 8. The van der Waals surface area contributed by atoms with E-state index in [1.165, 1.54) is 24.6 Å². The molecule has 31 heavy (non-hydrogen) atoms. The Hall–Kier alpha value is -3.18. The van der Waals surface area contributed by atoms with Crippen molar-refractivity contribution >= 4 is 10.0 Å². The zero-order chi connectivity index (χ0) is 21.8. The normalized spacial score (nSPS) is 15.5. The number of piperidine rings is 1. The molecule has 0 radical (unpaired) electrons. The Labute approximate surface area is 180 Å². The molecule has 4 rings (SSSR count). The monoisotopic (exact) mass is 445 g/mol. The second kappa shape index (κ2) is 8.90. The molecule has 3 aromatic rings. The first-order valence-corrected chi connectivity index (χ1v) is 11.2. The van der Waals surface area contributed by atoms with Crippen molar-refractivity contribution in [1.29, 1.82) is 0 Å². The molecule has 0 unspecified atom stereocenters. The van der Waals surface area contributed by atoms with Crippen LogP contribution in [-0.2, 0) is 10.0 Å². The molecule has 11 heteroatoms. The molecule has 0 amide bonds. The second-order valence-electron chi connectivity index (χ2n) is 6.92. The Balaban J connectivity index is 1.39. The minimum Gasteiger partial charge on any atom is -0.497 e. The lowest BCUT2D eigenvalue weighted by Gasteiger charge is -2.31. The predicted octanol–water partition coefficient (Wildman–Crippen LogP) is 1.91. The molecule has 164 valence electrons. The number of ether oxygens (including phenoxy) is 3.